The van der Waals surface area contributed by atoms with Crippen LogP contribution in [-0.2, 0) is 6.42 Å². The average molecular weight is 231 g/mol. The van der Waals surface area contributed by atoms with Crippen molar-refractivity contribution >= 4 is 5.82 Å². The zero-order chi connectivity index (χ0) is 11.8. The first-order chi connectivity index (χ1) is 8.29. The molecule has 0 aliphatic heterocycles. The number of hydrogen-bond donors (Lipinski definition) is 2. The fraction of sp³-hybridized carbons (Fsp3) is 0.308. The summed E-state index contributed by atoms with van der Waals surface area (Å²) in [5.74, 6) is 0.725. The van der Waals surface area contributed by atoms with Crippen LogP contribution in [0.4, 0.5) is 10.2 Å². The number of H-pyrrole nitrogens is 1. The molecule has 4 heteroatoms. The van der Waals surface area contributed by atoms with Gasteiger partial charge in [0.1, 0.15) is 5.82 Å². The highest BCUT2D eigenvalue weighted by Crippen LogP contribution is 2.38. The van der Waals surface area contributed by atoms with E-state index in [1.807, 2.05) is 6.07 Å². The number of fused-ring (bicyclic) bond motifs is 3. The Morgan fingerprint density at radius 3 is 3.18 bits per heavy atom. The molecule has 0 amide bonds. The number of hydrogen-bond acceptors (Lipinski definition) is 2. The van der Waals surface area contributed by atoms with Crippen molar-refractivity contribution in [1.82, 2.24) is 10.2 Å². The van der Waals surface area contributed by atoms with Gasteiger partial charge in [0.2, 0.25) is 0 Å². The third-order valence-electron chi connectivity index (χ3n) is 3.11. The van der Waals surface area contributed by atoms with E-state index in [-0.39, 0.29) is 5.82 Å². The Bertz CT molecular complexity index is 560. The second-order valence-electron chi connectivity index (χ2n) is 4.33. The van der Waals surface area contributed by atoms with Crippen LogP contribution in [0.3, 0.4) is 0 Å². The van der Waals surface area contributed by atoms with E-state index in [0.29, 0.717) is 0 Å². The molecule has 1 aromatic carbocycles. The van der Waals surface area contributed by atoms with E-state index in [0.717, 1.165) is 47.6 Å². The van der Waals surface area contributed by atoms with Crippen LogP contribution in [0.1, 0.15) is 24.5 Å². The molecule has 17 heavy (non-hydrogen) atoms. The highest BCUT2D eigenvalue weighted by Gasteiger charge is 2.24. The zero-order valence-electron chi connectivity index (χ0n) is 9.68. The molecule has 0 saturated heterocycles. The number of nitrogens with one attached hydrogen (secondary N) is 2. The second-order valence-corrected chi connectivity index (χ2v) is 4.33. The van der Waals surface area contributed by atoms with Crippen LogP contribution in [0.15, 0.2) is 18.2 Å². The molecule has 1 aromatic heterocycles. The second kappa shape index (κ2) is 3.87. The summed E-state index contributed by atoms with van der Waals surface area (Å²) in [6.45, 7) is 3.02. The summed E-state index contributed by atoms with van der Waals surface area (Å²) in [5, 5.41) is 10.6. The van der Waals surface area contributed by atoms with Crippen molar-refractivity contribution in [2.45, 2.75) is 19.8 Å². The minimum atomic E-state index is -0.176. The summed E-state index contributed by atoms with van der Waals surface area (Å²) in [7, 11) is 0. The molecule has 1 heterocycles. The van der Waals surface area contributed by atoms with Crippen LogP contribution in [-0.4, -0.2) is 16.7 Å². The number of halogens is 1. The van der Waals surface area contributed by atoms with Gasteiger partial charge < -0.3 is 5.32 Å². The van der Waals surface area contributed by atoms with E-state index < -0.39 is 0 Å². The van der Waals surface area contributed by atoms with Crippen LogP contribution in [0.25, 0.3) is 11.3 Å². The first kappa shape index (κ1) is 10.3. The summed E-state index contributed by atoms with van der Waals surface area (Å²) in [6, 6.07) is 4.92. The van der Waals surface area contributed by atoms with E-state index >= 15 is 0 Å². The Labute approximate surface area is 99.1 Å². The standard InChI is InChI=1S/C13H14FN3/c1-2-5-15-13-11-7-8-6-9(14)3-4-10(8)12(11)16-17-13/h3-4,6H,2,5,7H2,1H3,(H2,15,16,17). The average Bonchev–Trinajstić information content (AvgIpc) is 2.84. The van der Waals surface area contributed by atoms with Crippen molar-refractivity contribution < 1.29 is 4.39 Å². The number of aromatic nitrogens is 2. The number of rotatable bonds is 3. The molecule has 0 unspecified atom stereocenters. The van der Waals surface area contributed by atoms with Crippen LogP contribution >= 0.6 is 0 Å². The fourth-order valence-corrected chi connectivity index (χ4v) is 2.29. The molecule has 88 valence electrons. The summed E-state index contributed by atoms with van der Waals surface area (Å²) >= 11 is 0. The molecular weight excluding hydrogens is 217 g/mol. The van der Waals surface area contributed by atoms with E-state index in [1.165, 1.54) is 6.07 Å². The Morgan fingerprint density at radius 1 is 1.47 bits per heavy atom. The molecule has 0 saturated carbocycles. The Morgan fingerprint density at radius 2 is 2.35 bits per heavy atom. The zero-order valence-corrected chi connectivity index (χ0v) is 9.68. The maximum absolute atomic E-state index is 13.2. The molecule has 0 radical (unpaired) electrons. The van der Waals surface area contributed by atoms with Crippen molar-refractivity contribution in [2.24, 2.45) is 0 Å². The fourth-order valence-electron chi connectivity index (χ4n) is 2.29. The number of aromatic amines is 1. The van der Waals surface area contributed by atoms with E-state index in [2.05, 4.69) is 22.4 Å². The minimum absolute atomic E-state index is 0.176. The number of anilines is 1. The SMILES string of the molecule is CCCNc1n[nH]c2c1Cc1cc(F)ccc1-2. The van der Waals surface area contributed by atoms with Gasteiger partial charge in [-0.05, 0) is 30.2 Å². The summed E-state index contributed by atoms with van der Waals surface area (Å²) in [4.78, 5) is 0. The van der Waals surface area contributed by atoms with Gasteiger partial charge in [-0.3, -0.25) is 5.10 Å². The molecule has 2 aromatic rings. The molecule has 0 atom stereocenters. The van der Waals surface area contributed by atoms with Crippen molar-refractivity contribution in [3.05, 3.63) is 35.1 Å². The third kappa shape index (κ3) is 1.60. The summed E-state index contributed by atoms with van der Waals surface area (Å²) in [6.07, 6.45) is 1.81. The predicted octanol–water partition coefficient (Wildman–Crippen LogP) is 2.94. The summed E-state index contributed by atoms with van der Waals surface area (Å²) < 4.78 is 13.2. The topological polar surface area (TPSA) is 40.7 Å². The lowest BCUT2D eigenvalue weighted by Gasteiger charge is -2.02. The third-order valence-corrected chi connectivity index (χ3v) is 3.11. The molecule has 3 rings (SSSR count). The Kier molecular flexibility index (Phi) is 2.35. The smallest absolute Gasteiger partial charge is 0.151 e. The largest absolute Gasteiger partial charge is 0.368 e. The number of benzene rings is 1. The van der Waals surface area contributed by atoms with Crippen molar-refractivity contribution in [2.75, 3.05) is 11.9 Å². The lowest BCUT2D eigenvalue weighted by atomic mass is 10.1. The molecular formula is C13H14FN3. The first-order valence-corrected chi connectivity index (χ1v) is 5.89. The lowest BCUT2D eigenvalue weighted by Crippen LogP contribution is -2.02. The maximum Gasteiger partial charge on any atom is 0.151 e. The predicted molar refractivity (Wildman–Crippen MR) is 65.6 cm³/mol. The highest BCUT2D eigenvalue weighted by molar-refractivity contribution is 5.78. The van der Waals surface area contributed by atoms with Crippen LogP contribution in [0.5, 0.6) is 0 Å². The summed E-state index contributed by atoms with van der Waals surface area (Å²) in [5.41, 5.74) is 4.28. The highest BCUT2D eigenvalue weighted by atomic mass is 19.1. The van der Waals surface area contributed by atoms with Gasteiger partial charge >= 0.3 is 0 Å². The normalized spacial score (nSPS) is 12.4. The maximum atomic E-state index is 13.2. The monoisotopic (exact) mass is 231 g/mol. The van der Waals surface area contributed by atoms with Gasteiger partial charge in [-0.15, -0.1) is 0 Å². The van der Waals surface area contributed by atoms with Crippen LogP contribution in [0, 0.1) is 5.82 Å². The van der Waals surface area contributed by atoms with Gasteiger partial charge in [0.25, 0.3) is 0 Å². The molecule has 0 spiro atoms. The van der Waals surface area contributed by atoms with Gasteiger partial charge in [0.15, 0.2) is 5.82 Å². The molecule has 3 nitrogen and oxygen atoms in total. The molecule has 2 N–H and O–H groups in total. The quantitative estimate of drug-likeness (QED) is 0.727. The molecule has 1 aliphatic carbocycles. The van der Waals surface area contributed by atoms with Gasteiger partial charge in [0, 0.05) is 24.1 Å². The molecule has 0 bridgehead atoms. The van der Waals surface area contributed by atoms with Gasteiger partial charge in [-0.2, -0.15) is 5.10 Å². The van der Waals surface area contributed by atoms with E-state index in [9.17, 15) is 4.39 Å². The van der Waals surface area contributed by atoms with Gasteiger partial charge in [0.05, 0.1) is 5.69 Å². The van der Waals surface area contributed by atoms with E-state index in [4.69, 9.17) is 0 Å². The Balaban J connectivity index is 1.99. The minimum Gasteiger partial charge on any atom is -0.368 e. The number of nitrogens with zero attached hydrogens (tertiary/aromatic N) is 1. The van der Waals surface area contributed by atoms with Crippen molar-refractivity contribution in [3.8, 4) is 11.3 Å². The Hall–Kier alpha value is -1.84. The first-order valence-electron chi connectivity index (χ1n) is 5.89. The van der Waals surface area contributed by atoms with E-state index in [1.54, 1.807) is 6.07 Å². The lowest BCUT2D eigenvalue weighted by molar-refractivity contribution is 0.626. The van der Waals surface area contributed by atoms with Crippen molar-refractivity contribution in [3.63, 3.8) is 0 Å². The van der Waals surface area contributed by atoms with Crippen molar-refractivity contribution in [1.29, 1.82) is 0 Å². The van der Waals surface area contributed by atoms with Crippen LogP contribution < -0.4 is 5.32 Å². The van der Waals surface area contributed by atoms with Gasteiger partial charge in [-0.1, -0.05) is 6.92 Å². The van der Waals surface area contributed by atoms with Gasteiger partial charge in [-0.25, -0.2) is 4.39 Å². The van der Waals surface area contributed by atoms with Crippen LogP contribution in [0.2, 0.25) is 0 Å². The molecule has 1 aliphatic rings. The molecule has 0 fully saturated rings.